The maximum atomic E-state index is 9.76. The van der Waals surface area contributed by atoms with Crippen molar-refractivity contribution < 1.29 is 9.79 Å². The monoisotopic (exact) mass is 70.0 g/mol. The molecule has 5 heavy (non-hydrogen) atoms. The molecule has 0 aromatic heterocycles. The van der Waals surface area contributed by atoms with Gasteiger partial charge >= 0.3 is 5.91 Å². The van der Waals surface area contributed by atoms with Crippen LogP contribution in [0, 0.1) is 0 Å². The van der Waals surface area contributed by atoms with E-state index in [4.69, 9.17) is 0 Å². The van der Waals surface area contributed by atoms with Gasteiger partial charge in [0, 0.05) is 0 Å². The first-order valence-corrected chi connectivity index (χ1v) is 1.50. The molecule has 0 unspecified atom stereocenters. The van der Waals surface area contributed by atoms with Crippen molar-refractivity contribution in [1.82, 2.24) is 0 Å². The van der Waals surface area contributed by atoms with Gasteiger partial charge in [-0.1, -0.05) is 0 Å². The van der Waals surface area contributed by atoms with Crippen LogP contribution in [0.5, 0.6) is 0 Å². The molecule has 2 nitrogen and oxygen atoms in total. The highest BCUT2D eigenvalue weighted by atomic mass is 16.1. The van der Waals surface area contributed by atoms with Gasteiger partial charge < -0.3 is 0 Å². The summed E-state index contributed by atoms with van der Waals surface area (Å²) in [5.74, 6) is 0.130. The summed E-state index contributed by atoms with van der Waals surface area (Å²) in [6.45, 7) is 0. The molecule has 0 saturated heterocycles. The molecule has 0 spiro atoms. The minimum absolute atomic E-state index is 0.130. The molecule has 2 heteroatoms. The molecule has 1 heterocycles. The number of hydrogen-bond donors (Lipinski definition) is 1. The summed E-state index contributed by atoms with van der Waals surface area (Å²) in [6.07, 6.45) is 2.34. The summed E-state index contributed by atoms with van der Waals surface area (Å²) >= 11 is 0. The molecule has 0 bridgehead atoms. The first-order valence-electron chi connectivity index (χ1n) is 1.50. The first kappa shape index (κ1) is 2.57. The first-order chi connectivity index (χ1) is 2.39. The summed E-state index contributed by atoms with van der Waals surface area (Å²) in [5, 5.41) is 0. The van der Waals surface area contributed by atoms with Gasteiger partial charge in [0.15, 0.2) is 12.6 Å². The van der Waals surface area contributed by atoms with E-state index in [1.807, 2.05) is 0 Å². The van der Waals surface area contributed by atoms with Crippen LogP contribution in [0.2, 0.25) is 0 Å². The van der Waals surface area contributed by atoms with Crippen LogP contribution < -0.4 is 4.99 Å². The normalized spacial score (nSPS) is 18.8. The molecule has 0 aliphatic carbocycles. The lowest BCUT2D eigenvalue weighted by molar-refractivity contribution is -0.391. The van der Waals surface area contributed by atoms with Gasteiger partial charge in [-0.2, -0.15) is 4.99 Å². The predicted molar refractivity (Wildman–Crippen MR) is 16.7 cm³/mol. The number of carbonyl (C=O) groups is 1. The molecule has 26 valence electrons. The lowest BCUT2D eigenvalue weighted by Crippen LogP contribution is -2.81. The Balaban J connectivity index is 2.71. The van der Waals surface area contributed by atoms with E-state index in [1.165, 1.54) is 0 Å². The third-order valence-electron chi connectivity index (χ3n) is 0.551. The summed E-state index contributed by atoms with van der Waals surface area (Å²) in [5.41, 5.74) is 0. The van der Waals surface area contributed by atoms with Crippen LogP contribution in [0.3, 0.4) is 0 Å². The van der Waals surface area contributed by atoms with E-state index in [1.54, 1.807) is 6.21 Å². The molecule has 0 atom stereocenters. The van der Waals surface area contributed by atoms with Crippen LogP contribution in [0.4, 0.5) is 0 Å². The Morgan fingerprint density at radius 3 is 2.40 bits per heavy atom. The summed E-state index contributed by atoms with van der Waals surface area (Å²) in [7, 11) is 0. The Morgan fingerprint density at radius 2 is 2.40 bits per heavy atom. The van der Waals surface area contributed by atoms with Gasteiger partial charge in [0.1, 0.15) is 0 Å². The van der Waals surface area contributed by atoms with Gasteiger partial charge in [-0.15, -0.1) is 0 Å². The molecular weight excluding hydrogens is 66.0 g/mol. The van der Waals surface area contributed by atoms with Crippen LogP contribution in [-0.4, -0.2) is 12.1 Å². The van der Waals surface area contributed by atoms with E-state index >= 15 is 0 Å². The van der Waals surface area contributed by atoms with Crippen LogP contribution in [0.25, 0.3) is 0 Å². The zero-order chi connectivity index (χ0) is 3.70. The van der Waals surface area contributed by atoms with Crippen molar-refractivity contribution in [2.45, 2.75) is 6.42 Å². The average Bonchev–Trinajstić information content (AvgIpc) is 1.30. The van der Waals surface area contributed by atoms with Gasteiger partial charge in [-0.3, -0.25) is 0 Å². The summed E-state index contributed by atoms with van der Waals surface area (Å²) < 4.78 is 0. The predicted octanol–water partition coefficient (Wildman–Crippen LogP) is -1.93. The summed E-state index contributed by atoms with van der Waals surface area (Å²) in [6, 6.07) is 0. The number of amides is 1. The van der Waals surface area contributed by atoms with Crippen molar-refractivity contribution in [3.63, 3.8) is 0 Å². The van der Waals surface area contributed by atoms with Crippen LogP contribution in [-0.2, 0) is 4.79 Å². The fourth-order valence-electron chi connectivity index (χ4n) is 0.185. The fourth-order valence-corrected chi connectivity index (χ4v) is 0.185. The average molecular weight is 70.1 g/mol. The van der Waals surface area contributed by atoms with Crippen molar-refractivity contribution in [3.05, 3.63) is 0 Å². The van der Waals surface area contributed by atoms with Crippen molar-refractivity contribution in [2.24, 2.45) is 0 Å². The van der Waals surface area contributed by atoms with E-state index in [2.05, 4.69) is 4.99 Å². The maximum Gasteiger partial charge on any atom is 0.394 e. The second kappa shape index (κ2) is 0.641. The van der Waals surface area contributed by atoms with Crippen molar-refractivity contribution >= 4 is 12.1 Å². The molecular formula is C3H4NO+. The molecule has 1 aliphatic rings. The molecule has 1 rings (SSSR count). The third-order valence-corrected chi connectivity index (χ3v) is 0.551. The Kier molecular flexibility index (Phi) is 0.330. The van der Waals surface area contributed by atoms with E-state index in [0.29, 0.717) is 6.42 Å². The van der Waals surface area contributed by atoms with Gasteiger partial charge in [0.05, 0.1) is 0 Å². The van der Waals surface area contributed by atoms with E-state index in [-0.39, 0.29) is 5.91 Å². The number of rotatable bonds is 0. The quantitative estimate of drug-likeness (QED) is 0.353. The minimum Gasteiger partial charge on any atom is -0.219 e. The van der Waals surface area contributed by atoms with Crippen molar-refractivity contribution in [1.29, 1.82) is 0 Å². The van der Waals surface area contributed by atoms with Crippen LogP contribution >= 0.6 is 0 Å². The van der Waals surface area contributed by atoms with Gasteiger partial charge in [0.25, 0.3) is 0 Å². The number of carbonyl (C=O) groups excluding carboxylic acids is 1. The van der Waals surface area contributed by atoms with Gasteiger partial charge in [-0.25, -0.2) is 4.79 Å². The second-order valence-corrected chi connectivity index (χ2v) is 0.976. The Morgan fingerprint density at radius 1 is 2.00 bits per heavy atom. The zero-order valence-electron chi connectivity index (χ0n) is 2.69. The van der Waals surface area contributed by atoms with Crippen LogP contribution in [0.1, 0.15) is 6.42 Å². The molecule has 1 amide bonds. The maximum absolute atomic E-state index is 9.76. The number of nitrogens with one attached hydrogen (secondary N) is 1. The lowest BCUT2D eigenvalue weighted by Gasteiger charge is -1.81. The van der Waals surface area contributed by atoms with Crippen molar-refractivity contribution in [2.75, 3.05) is 0 Å². The summed E-state index contributed by atoms with van der Waals surface area (Å²) in [4.78, 5) is 12.2. The third kappa shape index (κ3) is 0.210. The topological polar surface area (TPSA) is 31.0 Å². The SMILES string of the molecule is O=C1CC=[NH+]1. The Labute approximate surface area is 29.5 Å². The van der Waals surface area contributed by atoms with E-state index in [9.17, 15) is 4.79 Å². The molecule has 0 saturated carbocycles. The zero-order valence-corrected chi connectivity index (χ0v) is 2.69. The fraction of sp³-hybridized carbons (Fsp3) is 0.333. The lowest BCUT2D eigenvalue weighted by atomic mass is 10.4. The van der Waals surface area contributed by atoms with Crippen LogP contribution in [0.15, 0.2) is 0 Å². The largest absolute Gasteiger partial charge is 0.394 e. The minimum atomic E-state index is 0.130. The second-order valence-electron chi connectivity index (χ2n) is 0.976. The Bertz CT molecular complexity index is 84.9. The molecule has 0 aromatic carbocycles. The van der Waals surface area contributed by atoms with Gasteiger partial charge in [0.2, 0.25) is 0 Å². The highest BCUT2D eigenvalue weighted by molar-refractivity contribution is 5.90. The van der Waals surface area contributed by atoms with E-state index < -0.39 is 0 Å². The smallest absolute Gasteiger partial charge is 0.219 e. The molecule has 1 N–H and O–H groups in total. The highest BCUT2D eigenvalue weighted by Gasteiger charge is 2.11. The molecule has 0 radical (unpaired) electrons. The number of hydrogen-bond acceptors (Lipinski definition) is 1. The van der Waals surface area contributed by atoms with E-state index in [0.717, 1.165) is 0 Å². The molecule has 0 aromatic rings. The highest BCUT2D eigenvalue weighted by Crippen LogP contribution is 1.64. The van der Waals surface area contributed by atoms with Gasteiger partial charge in [-0.05, 0) is 0 Å². The Hall–Kier alpha value is -0.660. The molecule has 1 aliphatic heterocycles. The standard InChI is InChI=1S/C3H3NO/c5-3-1-2-4-3/h2H,1H2/p+1. The van der Waals surface area contributed by atoms with Crippen molar-refractivity contribution in [3.8, 4) is 0 Å². The molecule has 0 fully saturated rings.